The van der Waals surface area contributed by atoms with Gasteiger partial charge in [-0.1, -0.05) is 26.7 Å². The number of rotatable bonds is 6. The van der Waals surface area contributed by atoms with Gasteiger partial charge in [0.25, 0.3) is 0 Å². The summed E-state index contributed by atoms with van der Waals surface area (Å²) in [6.07, 6.45) is 5.13. The lowest BCUT2D eigenvalue weighted by Crippen LogP contribution is -2.39. The molecule has 0 saturated carbocycles. The van der Waals surface area contributed by atoms with Crippen LogP contribution in [0, 0.1) is 11.8 Å². The van der Waals surface area contributed by atoms with E-state index in [0.29, 0.717) is 6.42 Å². The lowest BCUT2D eigenvalue weighted by atomic mass is 9.92. The van der Waals surface area contributed by atoms with Crippen LogP contribution < -0.4 is 0 Å². The monoisotopic (exact) mass is 255 g/mol. The Morgan fingerprint density at radius 3 is 2.39 bits per heavy atom. The summed E-state index contributed by atoms with van der Waals surface area (Å²) in [6, 6.07) is 0. The van der Waals surface area contributed by atoms with Gasteiger partial charge in [-0.05, 0) is 24.7 Å². The molecule has 1 amide bonds. The number of carboxylic acid groups (broad SMARTS) is 1. The van der Waals surface area contributed by atoms with Crippen molar-refractivity contribution in [2.24, 2.45) is 11.8 Å². The van der Waals surface area contributed by atoms with Gasteiger partial charge in [0, 0.05) is 25.9 Å². The maximum atomic E-state index is 12.0. The van der Waals surface area contributed by atoms with Crippen molar-refractivity contribution < 1.29 is 14.7 Å². The van der Waals surface area contributed by atoms with Crippen molar-refractivity contribution in [1.82, 2.24) is 4.90 Å². The van der Waals surface area contributed by atoms with Gasteiger partial charge in [0.15, 0.2) is 0 Å². The van der Waals surface area contributed by atoms with Crippen LogP contribution in [0.15, 0.2) is 0 Å². The van der Waals surface area contributed by atoms with Crippen LogP contribution in [0.4, 0.5) is 0 Å². The van der Waals surface area contributed by atoms with Gasteiger partial charge in [0.05, 0.1) is 0 Å². The van der Waals surface area contributed by atoms with E-state index in [2.05, 4.69) is 6.92 Å². The first-order valence-corrected chi connectivity index (χ1v) is 7.02. The van der Waals surface area contributed by atoms with Crippen molar-refractivity contribution in [2.45, 2.75) is 52.4 Å². The Hall–Kier alpha value is -1.06. The number of carboxylic acids is 1. The lowest BCUT2D eigenvalue weighted by molar-refractivity contribution is -0.138. The smallest absolute Gasteiger partial charge is 0.303 e. The number of hydrogen-bond acceptors (Lipinski definition) is 2. The number of hydrogen-bond donors (Lipinski definition) is 1. The third-order valence-corrected chi connectivity index (χ3v) is 3.71. The van der Waals surface area contributed by atoms with E-state index in [1.807, 2.05) is 11.8 Å². The number of likely N-dealkylation sites (tertiary alicyclic amines) is 1. The molecule has 0 aromatic heterocycles. The Morgan fingerprint density at radius 1 is 1.28 bits per heavy atom. The fourth-order valence-electron chi connectivity index (χ4n) is 2.68. The Balaban J connectivity index is 2.29. The Labute approximate surface area is 109 Å². The molecule has 0 aromatic carbocycles. The standard InChI is InChI=1S/C14H25NO3/c1-3-4-12-5-7-15(8-6-12)13(16)9-11(2)10-14(17)18/h11-12H,3-10H2,1-2H3,(H,17,18). The topological polar surface area (TPSA) is 57.6 Å². The van der Waals surface area contributed by atoms with Crippen LogP contribution in [0.1, 0.15) is 52.4 Å². The zero-order valence-corrected chi connectivity index (χ0v) is 11.5. The van der Waals surface area contributed by atoms with Crippen molar-refractivity contribution in [3.05, 3.63) is 0 Å². The molecule has 104 valence electrons. The lowest BCUT2D eigenvalue weighted by Gasteiger charge is -2.32. The molecule has 4 heteroatoms. The zero-order valence-electron chi connectivity index (χ0n) is 11.5. The number of carbonyl (C=O) groups is 2. The maximum Gasteiger partial charge on any atom is 0.303 e. The SMILES string of the molecule is CCCC1CCN(C(=O)CC(C)CC(=O)O)CC1. The minimum Gasteiger partial charge on any atom is -0.481 e. The maximum absolute atomic E-state index is 12.0. The molecule has 0 aliphatic carbocycles. The fourth-order valence-corrected chi connectivity index (χ4v) is 2.68. The summed E-state index contributed by atoms with van der Waals surface area (Å²) in [7, 11) is 0. The van der Waals surface area contributed by atoms with Crippen molar-refractivity contribution in [2.75, 3.05) is 13.1 Å². The molecule has 1 rings (SSSR count). The van der Waals surface area contributed by atoms with Crippen LogP contribution in [-0.4, -0.2) is 35.0 Å². The minimum atomic E-state index is -0.822. The largest absolute Gasteiger partial charge is 0.481 e. The van der Waals surface area contributed by atoms with E-state index in [0.717, 1.165) is 31.8 Å². The second-order valence-electron chi connectivity index (χ2n) is 5.52. The van der Waals surface area contributed by atoms with Crippen molar-refractivity contribution in [1.29, 1.82) is 0 Å². The average molecular weight is 255 g/mol. The number of amides is 1. The van der Waals surface area contributed by atoms with Crippen LogP contribution in [0.2, 0.25) is 0 Å². The Bertz CT molecular complexity index is 283. The summed E-state index contributed by atoms with van der Waals surface area (Å²) in [5.41, 5.74) is 0. The zero-order chi connectivity index (χ0) is 13.5. The Morgan fingerprint density at radius 2 is 1.89 bits per heavy atom. The van der Waals surface area contributed by atoms with Crippen LogP contribution in [-0.2, 0) is 9.59 Å². The molecule has 1 heterocycles. The number of nitrogens with zero attached hydrogens (tertiary/aromatic N) is 1. The summed E-state index contributed by atoms with van der Waals surface area (Å²) in [4.78, 5) is 24.5. The minimum absolute atomic E-state index is 0.0663. The molecule has 1 unspecified atom stereocenters. The van der Waals surface area contributed by atoms with E-state index >= 15 is 0 Å². The molecular formula is C14H25NO3. The molecule has 1 fully saturated rings. The predicted molar refractivity (Wildman–Crippen MR) is 70.2 cm³/mol. The molecule has 1 saturated heterocycles. The quantitative estimate of drug-likeness (QED) is 0.793. The van der Waals surface area contributed by atoms with Gasteiger partial charge in [-0.25, -0.2) is 0 Å². The van der Waals surface area contributed by atoms with E-state index in [4.69, 9.17) is 5.11 Å². The van der Waals surface area contributed by atoms with Crippen LogP contribution >= 0.6 is 0 Å². The molecule has 1 atom stereocenters. The first kappa shape index (κ1) is 15.0. The van der Waals surface area contributed by atoms with Crippen molar-refractivity contribution >= 4 is 11.9 Å². The molecule has 0 aromatic rings. The summed E-state index contributed by atoms with van der Waals surface area (Å²) >= 11 is 0. The van der Waals surface area contributed by atoms with Gasteiger partial charge in [-0.3, -0.25) is 9.59 Å². The average Bonchev–Trinajstić information content (AvgIpc) is 2.29. The molecule has 4 nitrogen and oxygen atoms in total. The summed E-state index contributed by atoms with van der Waals surface area (Å²) < 4.78 is 0. The molecule has 1 aliphatic rings. The molecular weight excluding hydrogens is 230 g/mol. The highest BCUT2D eigenvalue weighted by atomic mass is 16.4. The number of piperidine rings is 1. The van der Waals surface area contributed by atoms with E-state index < -0.39 is 5.97 Å². The van der Waals surface area contributed by atoms with Crippen LogP contribution in [0.5, 0.6) is 0 Å². The second-order valence-corrected chi connectivity index (χ2v) is 5.52. The molecule has 1 aliphatic heterocycles. The van der Waals surface area contributed by atoms with Gasteiger partial charge in [-0.2, -0.15) is 0 Å². The second kappa shape index (κ2) is 7.39. The molecule has 1 N–H and O–H groups in total. The highest BCUT2D eigenvalue weighted by Crippen LogP contribution is 2.22. The predicted octanol–water partition coefficient (Wildman–Crippen LogP) is 2.53. The highest BCUT2D eigenvalue weighted by molar-refractivity contribution is 5.77. The molecule has 0 bridgehead atoms. The number of aliphatic carboxylic acids is 1. The van der Waals surface area contributed by atoms with Crippen molar-refractivity contribution in [3.8, 4) is 0 Å². The first-order valence-electron chi connectivity index (χ1n) is 7.02. The van der Waals surface area contributed by atoms with Gasteiger partial charge < -0.3 is 10.0 Å². The van der Waals surface area contributed by atoms with Gasteiger partial charge in [0.1, 0.15) is 0 Å². The Kier molecular flexibility index (Phi) is 6.16. The third kappa shape index (κ3) is 5.07. The normalized spacial score (nSPS) is 18.7. The van der Waals surface area contributed by atoms with E-state index in [1.165, 1.54) is 12.8 Å². The summed E-state index contributed by atoms with van der Waals surface area (Å²) in [5, 5.41) is 8.68. The molecule has 18 heavy (non-hydrogen) atoms. The van der Waals surface area contributed by atoms with Gasteiger partial charge in [0.2, 0.25) is 5.91 Å². The van der Waals surface area contributed by atoms with Crippen molar-refractivity contribution in [3.63, 3.8) is 0 Å². The highest BCUT2D eigenvalue weighted by Gasteiger charge is 2.23. The number of carbonyl (C=O) groups excluding carboxylic acids is 1. The first-order chi connectivity index (χ1) is 8.52. The van der Waals surface area contributed by atoms with Crippen LogP contribution in [0.25, 0.3) is 0 Å². The summed E-state index contributed by atoms with van der Waals surface area (Å²) in [6.45, 7) is 5.73. The summed E-state index contributed by atoms with van der Waals surface area (Å²) in [5.74, 6) is 0.00881. The third-order valence-electron chi connectivity index (χ3n) is 3.71. The fraction of sp³-hybridized carbons (Fsp3) is 0.857. The van der Waals surface area contributed by atoms with Crippen LogP contribution in [0.3, 0.4) is 0 Å². The molecule has 0 radical (unpaired) electrons. The van der Waals surface area contributed by atoms with E-state index in [-0.39, 0.29) is 18.2 Å². The molecule has 0 spiro atoms. The van der Waals surface area contributed by atoms with Gasteiger partial charge >= 0.3 is 5.97 Å². The van der Waals surface area contributed by atoms with E-state index in [1.54, 1.807) is 0 Å². The van der Waals surface area contributed by atoms with Gasteiger partial charge in [-0.15, -0.1) is 0 Å². The van der Waals surface area contributed by atoms with E-state index in [9.17, 15) is 9.59 Å².